The van der Waals surface area contributed by atoms with E-state index in [1.807, 2.05) is 0 Å². The predicted molar refractivity (Wildman–Crippen MR) is 47.9 cm³/mol. The summed E-state index contributed by atoms with van der Waals surface area (Å²) in [6, 6.07) is -0.302. The van der Waals surface area contributed by atoms with Crippen molar-refractivity contribution < 1.29 is 0 Å². The number of nitrogens with two attached hydrogens (primary N) is 1. The van der Waals surface area contributed by atoms with Crippen LogP contribution in [0.4, 0.5) is 0 Å². The van der Waals surface area contributed by atoms with Gasteiger partial charge in [-0.2, -0.15) is 4.80 Å². The lowest BCUT2D eigenvalue weighted by atomic mass is 10.2. The largest absolute Gasteiger partial charge is 0.270 e. The van der Waals surface area contributed by atoms with Crippen molar-refractivity contribution in [1.82, 2.24) is 35.2 Å². The monoisotopic (exact) mass is 212 g/mol. The third-order valence-corrected chi connectivity index (χ3v) is 2.34. The highest BCUT2D eigenvalue weighted by Gasteiger charge is 2.19. The highest BCUT2D eigenvalue weighted by atomic mass is 32.1. The van der Waals surface area contributed by atoms with Crippen LogP contribution in [0.15, 0.2) is 6.20 Å². The SMILES string of the molecule is Cn1nnc(C(NN)c2cnns2)n1. The molecular formula is C5H8N8S. The van der Waals surface area contributed by atoms with E-state index in [9.17, 15) is 0 Å². The molecule has 3 N–H and O–H groups in total. The first-order valence-electron chi connectivity index (χ1n) is 3.78. The van der Waals surface area contributed by atoms with Crippen molar-refractivity contribution in [3.8, 4) is 0 Å². The van der Waals surface area contributed by atoms with Gasteiger partial charge in [-0.1, -0.05) is 4.49 Å². The lowest BCUT2D eigenvalue weighted by Gasteiger charge is -2.06. The van der Waals surface area contributed by atoms with Crippen molar-refractivity contribution in [3.05, 3.63) is 16.9 Å². The van der Waals surface area contributed by atoms with Crippen molar-refractivity contribution >= 4 is 11.5 Å². The summed E-state index contributed by atoms with van der Waals surface area (Å²) in [5.74, 6) is 5.89. The molecule has 1 unspecified atom stereocenters. The van der Waals surface area contributed by atoms with Crippen LogP contribution in [0.1, 0.15) is 16.7 Å². The highest BCUT2D eigenvalue weighted by molar-refractivity contribution is 7.05. The Morgan fingerprint density at radius 1 is 1.64 bits per heavy atom. The second kappa shape index (κ2) is 3.74. The third-order valence-electron chi connectivity index (χ3n) is 1.61. The lowest BCUT2D eigenvalue weighted by Crippen LogP contribution is -2.29. The highest BCUT2D eigenvalue weighted by Crippen LogP contribution is 2.18. The zero-order valence-corrected chi connectivity index (χ0v) is 8.14. The summed E-state index contributed by atoms with van der Waals surface area (Å²) in [5.41, 5.74) is 2.59. The summed E-state index contributed by atoms with van der Waals surface area (Å²) < 4.78 is 3.74. The van der Waals surface area contributed by atoms with Crippen LogP contribution < -0.4 is 11.3 Å². The van der Waals surface area contributed by atoms with E-state index in [1.165, 1.54) is 16.3 Å². The van der Waals surface area contributed by atoms with Gasteiger partial charge in [0, 0.05) is 0 Å². The van der Waals surface area contributed by atoms with Crippen LogP contribution in [0.2, 0.25) is 0 Å². The molecule has 2 aromatic rings. The van der Waals surface area contributed by atoms with Gasteiger partial charge in [-0.15, -0.1) is 15.3 Å². The van der Waals surface area contributed by atoms with Crippen molar-refractivity contribution in [2.45, 2.75) is 6.04 Å². The molecule has 2 heterocycles. The molecule has 0 aromatic carbocycles. The van der Waals surface area contributed by atoms with E-state index in [0.29, 0.717) is 5.82 Å². The van der Waals surface area contributed by atoms with Gasteiger partial charge in [-0.05, 0) is 16.7 Å². The zero-order chi connectivity index (χ0) is 9.97. The Morgan fingerprint density at radius 2 is 2.50 bits per heavy atom. The van der Waals surface area contributed by atoms with Crippen LogP contribution in [0.3, 0.4) is 0 Å². The Labute approximate surface area is 83.3 Å². The Morgan fingerprint density at radius 3 is 3.00 bits per heavy atom. The van der Waals surface area contributed by atoms with Gasteiger partial charge in [0.1, 0.15) is 6.04 Å². The number of hydrazine groups is 1. The second-order valence-electron chi connectivity index (χ2n) is 2.56. The van der Waals surface area contributed by atoms with Gasteiger partial charge in [-0.25, -0.2) is 5.43 Å². The summed E-state index contributed by atoms with van der Waals surface area (Å²) in [6.45, 7) is 0. The molecule has 0 saturated heterocycles. The summed E-state index contributed by atoms with van der Waals surface area (Å²) in [6.07, 6.45) is 1.62. The molecule has 0 saturated carbocycles. The van der Waals surface area contributed by atoms with E-state index in [1.54, 1.807) is 13.2 Å². The molecule has 0 fully saturated rings. The van der Waals surface area contributed by atoms with Crippen LogP contribution in [0, 0.1) is 0 Å². The topological polar surface area (TPSA) is 107 Å². The average molecular weight is 212 g/mol. The van der Waals surface area contributed by atoms with Crippen LogP contribution in [0.25, 0.3) is 0 Å². The fourth-order valence-corrected chi connectivity index (χ4v) is 1.56. The number of hydrogen-bond acceptors (Lipinski definition) is 8. The first-order chi connectivity index (χ1) is 6.81. The van der Waals surface area contributed by atoms with Gasteiger partial charge in [0.2, 0.25) is 0 Å². The van der Waals surface area contributed by atoms with Gasteiger partial charge in [0.25, 0.3) is 0 Å². The third kappa shape index (κ3) is 1.60. The fourth-order valence-electron chi connectivity index (χ4n) is 1.00. The number of aryl methyl sites for hydroxylation is 1. The summed E-state index contributed by atoms with van der Waals surface area (Å²) >= 11 is 1.24. The van der Waals surface area contributed by atoms with Gasteiger partial charge in [0.15, 0.2) is 5.82 Å². The first-order valence-corrected chi connectivity index (χ1v) is 4.56. The number of nitrogens with zero attached hydrogens (tertiary/aromatic N) is 6. The van der Waals surface area contributed by atoms with Crippen LogP contribution in [-0.2, 0) is 7.05 Å². The molecule has 0 aliphatic heterocycles. The molecule has 0 amide bonds. The minimum Gasteiger partial charge on any atom is -0.270 e. The molecule has 8 nitrogen and oxygen atoms in total. The quantitative estimate of drug-likeness (QED) is 0.476. The molecular weight excluding hydrogens is 204 g/mol. The molecule has 0 aliphatic carbocycles. The van der Waals surface area contributed by atoms with Gasteiger partial charge in [-0.3, -0.25) is 5.84 Å². The summed E-state index contributed by atoms with van der Waals surface area (Å²) in [4.78, 5) is 2.22. The maximum atomic E-state index is 5.39. The number of aromatic nitrogens is 6. The van der Waals surface area contributed by atoms with E-state index in [-0.39, 0.29) is 6.04 Å². The Balaban J connectivity index is 2.31. The predicted octanol–water partition coefficient (Wildman–Crippen LogP) is -1.39. The van der Waals surface area contributed by atoms with E-state index in [2.05, 4.69) is 30.4 Å². The smallest absolute Gasteiger partial charge is 0.198 e. The van der Waals surface area contributed by atoms with Gasteiger partial charge < -0.3 is 0 Å². The molecule has 2 rings (SSSR count). The van der Waals surface area contributed by atoms with Crippen molar-refractivity contribution in [3.63, 3.8) is 0 Å². The van der Waals surface area contributed by atoms with Gasteiger partial charge in [0.05, 0.1) is 18.1 Å². The number of tetrazole rings is 1. The van der Waals surface area contributed by atoms with E-state index in [0.717, 1.165) is 4.88 Å². The van der Waals surface area contributed by atoms with Crippen molar-refractivity contribution in [2.75, 3.05) is 0 Å². The second-order valence-corrected chi connectivity index (χ2v) is 3.37. The van der Waals surface area contributed by atoms with Crippen LogP contribution in [0.5, 0.6) is 0 Å². The fraction of sp³-hybridized carbons (Fsp3) is 0.400. The normalized spacial score (nSPS) is 13.0. The molecule has 74 valence electrons. The molecule has 0 spiro atoms. The van der Waals surface area contributed by atoms with Gasteiger partial charge >= 0.3 is 0 Å². The number of nitrogens with one attached hydrogen (secondary N) is 1. The van der Waals surface area contributed by atoms with Crippen molar-refractivity contribution in [1.29, 1.82) is 0 Å². The Bertz CT molecular complexity index is 394. The van der Waals surface area contributed by atoms with E-state index in [4.69, 9.17) is 5.84 Å². The lowest BCUT2D eigenvalue weighted by molar-refractivity contribution is 0.594. The minimum atomic E-state index is -0.302. The Kier molecular flexibility index (Phi) is 2.43. The maximum Gasteiger partial charge on any atom is 0.198 e. The van der Waals surface area contributed by atoms with Crippen LogP contribution >= 0.6 is 11.5 Å². The minimum absolute atomic E-state index is 0.302. The summed E-state index contributed by atoms with van der Waals surface area (Å²) in [7, 11) is 1.69. The summed E-state index contributed by atoms with van der Waals surface area (Å²) in [5, 5.41) is 15.3. The van der Waals surface area contributed by atoms with Crippen molar-refractivity contribution in [2.24, 2.45) is 12.9 Å². The standard InChI is InChI=1S/C5H8N8S/c1-13-10-5(9-11-13)4(8-6)3-2-7-12-14-3/h2,4,8H,6H2,1H3. The van der Waals surface area contributed by atoms with E-state index >= 15 is 0 Å². The molecule has 9 heteroatoms. The zero-order valence-electron chi connectivity index (χ0n) is 7.32. The molecule has 0 radical (unpaired) electrons. The van der Waals surface area contributed by atoms with Crippen LogP contribution in [-0.4, -0.2) is 29.8 Å². The number of hydrogen-bond donors (Lipinski definition) is 2. The maximum absolute atomic E-state index is 5.39. The average Bonchev–Trinajstić information content (AvgIpc) is 2.79. The molecule has 2 aromatic heterocycles. The number of rotatable bonds is 3. The molecule has 0 aliphatic rings. The molecule has 1 atom stereocenters. The molecule has 14 heavy (non-hydrogen) atoms. The van der Waals surface area contributed by atoms with E-state index < -0.39 is 0 Å². The molecule has 0 bridgehead atoms. The Hall–Kier alpha value is -1.45. The first kappa shape index (κ1) is 9.12.